The van der Waals surface area contributed by atoms with Crippen LogP contribution in [0.1, 0.15) is 0 Å². The molecule has 2 rings (SSSR count). The van der Waals surface area contributed by atoms with Crippen LogP contribution in [0.4, 0.5) is 0 Å². The van der Waals surface area contributed by atoms with Crippen LogP contribution < -0.4 is 5.69 Å². The SMILES string of the molecule is O=C(O)Cn1c(=O)[nH]c2cccc(O)c21. The molecule has 1 heterocycles. The van der Waals surface area contributed by atoms with E-state index in [-0.39, 0.29) is 11.3 Å². The standard InChI is InChI=1S/C9H8N2O4/c12-6-3-1-2-5-8(6)11(4-7(13)14)9(15)10-5/h1-3,12H,4H2,(H,10,15)(H,13,14). The summed E-state index contributed by atoms with van der Waals surface area (Å²) in [4.78, 5) is 24.3. The molecule has 0 fully saturated rings. The highest BCUT2D eigenvalue weighted by Crippen LogP contribution is 2.21. The average molecular weight is 208 g/mol. The highest BCUT2D eigenvalue weighted by molar-refractivity contribution is 5.83. The first-order valence-corrected chi connectivity index (χ1v) is 4.22. The van der Waals surface area contributed by atoms with E-state index in [2.05, 4.69) is 4.98 Å². The number of fused-ring (bicyclic) bond motifs is 1. The van der Waals surface area contributed by atoms with Crippen LogP contribution in [0.2, 0.25) is 0 Å². The second-order valence-corrected chi connectivity index (χ2v) is 3.08. The summed E-state index contributed by atoms with van der Waals surface area (Å²) in [5.41, 5.74) is 0.0834. The maximum atomic E-state index is 11.4. The van der Waals surface area contributed by atoms with Crippen molar-refractivity contribution in [2.45, 2.75) is 6.54 Å². The summed E-state index contributed by atoms with van der Waals surface area (Å²) >= 11 is 0. The Morgan fingerprint density at radius 3 is 2.87 bits per heavy atom. The van der Waals surface area contributed by atoms with Gasteiger partial charge in [0.1, 0.15) is 17.8 Å². The van der Waals surface area contributed by atoms with E-state index in [1.807, 2.05) is 0 Å². The molecule has 78 valence electrons. The molecule has 0 atom stereocenters. The Balaban J connectivity index is 2.76. The molecule has 6 nitrogen and oxygen atoms in total. The summed E-state index contributed by atoms with van der Waals surface area (Å²) < 4.78 is 0.979. The molecule has 0 saturated carbocycles. The molecular weight excluding hydrogens is 200 g/mol. The second kappa shape index (κ2) is 3.16. The first-order chi connectivity index (χ1) is 7.09. The van der Waals surface area contributed by atoms with Crippen molar-refractivity contribution in [1.82, 2.24) is 9.55 Å². The van der Waals surface area contributed by atoms with Gasteiger partial charge in [-0.1, -0.05) is 6.07 Å². The summed E-state index contributed by atoms with van der Waals surface area (Å²) in [6, 6.07) is 4.56. The Kier molecular flexibility index (Phi) is 1.96. The maximum Gasteiger partial charge on any atom is 0.327 e. The second-order valence-electron chi connectivity index (χ2n) is 3.08. The highest BCUT2D eigenvalue weighted by atomic mass is 16.4. The number of nitrogens with zero attached hydrogens (tertiary/aromatic N) is 1. The molecule has 0 radical (unpaired) electrons. The third-order valence-corrected chi connectivity index (χ3v) is 2.06. The van der Waals surface area contributed by atoms with Gasteiger partial charge in [0.15, 0.2) is 0 Å². The number of aromatic amines is 1. The average Bonchev–Trinajstić information content (AvgIpc) is 2.43. The van der Waals surface area contributed by atoms with E-state index in [4.69, 9.17) is 5.11 Å². The van der Waals surface area contributed by atoms with Crippen LogP contribution in [-0.4, -0.2) is 25.7 Å². The van der Waals surface area contributed by atoms with Crippen LogP contribution in [0.25, 0.3) is 11.0 Å². The van der Waals surface area contributed by atoms with E-state index < -0.39 is 18.2 Å². The molecule has 15 heavy (non-hydrogen) atoms. The van der Waals surface area contributed by atoms with Gasteiger partial charge in [0.2, 0.25) is 0 Å². The number of nitrogens with one attached hydrogen (secondary N) is 1. The number of imidazole rings is 1. The molecule has 0 bridgehead atoms. The number of carboxylic acids is 1. The number of carboxylic acid groups (broad SMARTS) is 1. The lowest BCUT2D eigenvalue weighted by molar-refractivity contribution is -0.137. The Bertz CT molecular complexity index is 581. The van der Waals surface area contributed by atoms with E-state index in [0.29, 0.717) is 5.52 Å². The Labute approximate surface area is 83.4 Å². The lowest BCUT2D eigenvalue weighted by Crippen LogP contribution is -2.21. The van der Waals surface area contributed by atoms with Gasteiger partial charge < -0.3 is 15.2 Å². The van der Waals surface area contributed by atoms with Gasteiger partial charge >= 0.3 is 11.7 Å². The van der Waals surface area contributed by atoms with Crippen molar-refractivity contribution in [2.75, 3.05) is 0 Å². The molecule has 0 amide bonds. The van der Waals surface area contributed by atoms with Crippen LogP contribution >= 0.6 is 0 Å². The van der Waals surface area contributed by atoms with Gasteiger partial charge in [-0.25, -0.2) is 4.79 Å². The lowest BCUT2D eigenvalue weighted by atomic mass is 10.3. The predicted octanol–water partition coefficient (Wildman–Crippen LogP) is 0.120. The van der Waals surface area contributed by atoms with Crippen molar-refractivity contribution in [3.8, 4) is 5.75 Å². The molecule has 6 heteroatoms. The predicted molar refractivity (Wildman–Crippen MR) is 51.9 cm³/mol. The molecule has 0 aliphatic heterocycles. The van der Waals surface area contributed by atoms with Gasteiger partial charge in [0.05, 0.1) is 5.52 Å². The summed E-state index contributed by atoms with van der Waals surface area (Å²) in [5.74, 6) is -1.26. The van der Waals surface area contributed by atoms with E-state index >= 15 is 0 Å². The Morgan fingerprint density at radius 1 is 1.47 bits per heavy atom. The minimum atomic E-state index is -1.14. The molecule has 0 saturated heterocycles. The zero-order valence-corrected chi connectivity index (χ0v) is 7.60. The van der Waals surface area contributed by atoms with Crippen molar-refractivity contribution >= 4 is 17.0 Å². The number of aromatic hydroxyl groups is 1. The van der Waals surface area contributed by atoms with Crippen LogP contribution in [0, 0.1) is 0 Å². The minimum Gasteiger partial charge on any atom is -0.506 e. The lowest BCUT2D eigenvalue weighted by Gasteiger charge is -2.00. The molecule has 0 spiro atoms. The van der Waals surface area contributed by atoms with E-state index in [1.54, 1.807) is 12.1 Å². The van der Waals surface area contributed by atoms with Gasteiger partial charge in [-0.2, -0.15) is 0 Å². The third kappa shape index (κ3) is 1.45. The summed E-state index contributed by atoms with van der Waals surface area (Å²) in [6.45, 7) is -0.476. The van der Waals surface area contributed by atoms with Gasteiger partial charge in [0.25, 0.3) is 0 Å². The fourth-order valence-electron chi connectivity index (χ4n) is 1.49. The van der Waals surface area contributed by atoms with E-state index in [9.17, 15) is 14.7 Å². The largest absolute Gasteiger partial charge is 0.506 e. The number of phenolic OH excluding ortho intramolecular Hbond substituents is 1. The first-order valence-electron chi connectivity index (χ1n) is 4.22. The normalized spacial score (nSPS) is 10.7. The molecule has 2 aromatic rings. The highest BCUT2D eigenvalue weighted by Gasteiger charge is 2.12. The van der Waals surface area contributed by atoms with Crippen molar-refractivity contribution in [3.63, 3.8) is 0 Å². The quantitative estimate of drug-likeness (QED) is 0.653. The number of phenols is 1. The van der Waals surface area contributed by atoms with E-state index in [1.165, 1.54) is 6.07 Å². The zero-order valence-electron chi connectivity index (χ0n) is 7.60. The van der Waals surface area contributed by atoms with Gasteiger partial charge in [0, 0.05) is 0 Å². The summed E-state index contributed by atoms with van der Waals surface area (Å²) in [7, 11) is 0. The number of carbonyl (C=O) groups is 1. The maximum absolute atomic E-state index is 11.4. The minimum absolute atomic E-state index is 0.118. The molecule has 0 aliphatic carbocycles. The number of aromatic nitrogens is 2. The Morgan fingerprint density at radius 2 is 2.20 bits per heavy atom. The van der Waals surface area contributed by atoms with Crippen LogP contribution in [-0.2, 0) is 11.3 Å². The van der Waals surface area contributed by atoms with Crippen molar-refractivity contribution < 1.29 is 15.0 Å². The molecule has 3 N–H and O–H groups in total. The monoisotopic (exact) mass is 208 g/mol. The Hall–Kier alpha value is -2.24. The number of hydrogen-bond donors (Lipinski definition) is 3. The zero-order chi connectivity index (χ0) is 11.0. The molecule has 0 unspecified atom stereocenters. The van der Waals surface area contributed by atoms with Gasteiger partial charge in [-0.15, -0.1) is 0 Å². The topological polar surface area (TPSA) is 95.3 Å². The number of benzene rings is 1. The van der Waals surface area contributed by atoms with Crippen molar-refractivity contribution in [3.05, 3.63) is 28.7 Å². The summed E-state index contributed by atoms with van der Waals surface area (Å²) in [6.07, 6.45) is 0. The molecular formula is C9H8N2O4. The molecule has 1 aromatic heterocycles. The van der Waals surface area contributed by atoms with Gasteiger partial charge in [-0.3, -0.25) is 9.36 Å². The van der Waals surface area contributed by atoms with Crippen LogP contribution in [0.15, 0.2) is 23.0 Å². The van der Waals surface area contributed by atoms with Crippen LogP contribution in [0.3, 0.4) is 0 Å². The van der Waals surface area contributed by atoms with E-state index in [0.717, 1.165) is 4.57 Å². The number of para-hydroxylation sites is 1. The number of hydrogen-bond acceptors (Lipinski definition) is 3. The van der Waals surface area contributed by atoms with Crippen molar-refractivity contribution in [1.29, 1.82) is 0 Å². The fraction of sp³-hybridized carbons (Fsp3) is 0.111. The number of aliphatic carboxylic acids is 1. The van der Waals surface area contributed by atoms with Gasteiger partial charge in [-0.05, 0) is 12.1 Å². The molecule has 0 aliphatic rings. The fourth-order valence-corrected chi connectivity index (χ4v) is 1.49. The number of rotatable bonds is 2. The molecule has 1 aromatic carbocycles. The number of H-pyrrole nitrogens is 1. The first kappa shape index (κ1) is 9.32. The smallest absolute Gasteiger partial charge is 0.327 e. The summed E-state index contributed by atoms with van der Waals surface area (Å²) in [5, 5.41) is 18.1. The third-order valence-electron chi connectivity index (χ3n) is 2.06. The van der Waals surface area contributed by atoms with Crippen LogP contribution in [0.5, 0.6) is 5.75 Å². The van der Waals surface area contributed by atoms with Crippen molar-refractivity contribution in [2.24, 2.45) is 0 Å².